The minimum Gasteiger partial charge on any atom is -0.480 e. The third kappa shape index (κ3) is 14.9. The van der Waals surface area contributed by atoms with Gasteiger partial charge in [-0.2, -0.15) is 0 Å². The van der Waals surface area contributed by atoms with Crippen LogP contribution in [0.2, 0.25) is 0 Å². The van der Waals surface area contributed by atoms with E-state index in [1.165, 1.54) is 6.92 Å². The lowest BCUT2D eigenvalue weighted by Gasteiger charge is -2.32. The van der Waals surface area contributed by atoms with Crippen LogP contribution >= 0.6 is 67.8 Å². The molecule has 0 bridgehead atoms. The number of hydrogen-bond donors (Lipinski definition) is 6. The summed E-state index contributed by atoms with van der Waals surface area (Å²) >= 11 is 6.17. The summed E-state index contributed by atoms with van der Waals surface area (Å²) in [5.74, 6) is -4.03. The zero-order valence-corrected chi connectivity index (χ0v) is 31.7. The summed E-state index contributed by atoms with van der Waals surface area (Å²) in [6.07, 6.45) is 0. The molecule has 1 heterocycles. The number of carbonyl (C=O) groups is 6. The smallest absolute Gasteiger partial charge is 0.317 e. The number of aliphatic carboxylic acids is 3. The van der Waals surface area contributed by atoms with E-state index in [1.54, 1.807) is 20.8 Å². The molecule has 1 fully saturated rings. The average molecular weight is 985 g/mol. The second-order valence-electron chi connectivity index (χ2n) is 10.5. The Hall–Kier alpha value is -1.93. The highest BCUT2D eigenvalue weighted by Gasteiger charge is 2.22. The van der Waals surface area contributed by atoms with E-state index in [0.717, 1.165) is 3.57 Å². The van der Waals surface area contributed by atoms with Gasteiger partial charge in [-0.25, -0.2) is 0 Å². The molecule has 1 aliphatic heterocycles. The molecule has 0 radical (unpaired) electrons. The van der Waals surface area contributed by atoms with Gasteiger partial charge in [0.15, 0.2) is 0 Å². The van der Waals surface area contributed by atoms with Crippen molar-refractivity contribution in [1.82, 2.24) is 30.2 Å². The number of carbonyl (C=O) groups excluding carboxylic acids is 3. The number of anilines is 1. The van der Waals surface area contributed by atoms with Crippen molar-refractivity contribution in [2.24, 2.45) is 0 Å². The second kappa shape index (κ2) is 20.4. The molecule has 0 atom stereocenters. The first-order chi connectivity index (χ1) is 21.7. The Kier molecular flexibility index (Phi) is 17.9. The van der Waals surface area contributed by atoms with Crippen LogP contribution in [0.3, 0.4) is 0 Å². The summed E-state index contributed by atoms with van der Waals surface area (Å²) in [5, 5.41) is 36.4. The number of benzene rings is 1. The average Bonchev–Trinajstić information content (AvgIpc) is 2.93. The van der Waals surface area contributed by atoms with Gasteiger partial charge in [0.1, 0.15) is 0 Å². The van der Waals surface area contributed by atoms with Gasteiger partial charge in [-0.05, 0) is 73.8 Å². The number of nitrogens with one attached hydrogen (secondary N) is 3. The first-order valence-electron chi connectivity index (χ1n) is 14.2. The topological polar surface area (TPSA) is 212 Å². The van der Waals surface area contributed by atoms with Crippen LogP contribution in [0.15, 0.2) is 6.07 Å². The van der Waals surface area contributed by atoms with Crippen LogP contribution in [0.4, 0.5) is 5.69 Å². The number of rotatable bonds is 13. The zero-order valence-electron chi connectivity index (χ0n) is 25.2. The molecule has 2 rings (SSSR count). The molecular formula is C27H38I3N7O9. The number of carboxylic acids is 3. The lowest BCUT2D eigenvalue weighted by Crippen LogP contribution is -2.50. The van der Waals surface area contributed by atoms with Crippen molar-refractivity contribution in [3.05, 3.63) is 22.3 Å². The van der Waals surface area contributed by atoms with Crippen molar-refractivity contribution < 1.29 is 44.1 Å². The van der Waals surface area contributed by atoms with Crippen LogP contribution in [-0.4, -0.2) is 162 Å². The lowest BCUT2D eigenvalue weighted by atomic mass is 10.2. The van der Waals surface area contributed by atoms with Crippen molar-refractivity contribution in [1.29, 1.82) is 0 Å². The molecule has 1 aromatic rings. The van der Waals surface area contributed by atoms with E-state index in [4.69, 9.17) is 0 Å². The molecule has 1 aliphatic rings. The van der Waals surface area contributed by atoms with Crippen LogP contribution < -0.4 is 16.0 Å². The molecule has 46 heavy (non-hydrogen) atoms. The highest BCUT2D eigenvalue weighted by molar-refractivity contribution is 14.1. The standard InChI is InChI=1S/C27H38I3N7O9/c1-17(38)33-26-19(29)12-18(28)24(25(26)30)27(46)32-3-2-31-20(39)13-34-4-6-35(14-21(40)41)8-10-37(16-23(44)45)11-9-36(7-5-34)15-22(42)43/h12H,2-11,13-16H2,1H3,(H,31,39)(H,32,46)(H,33,38)(H,40,41)(H,42,43)(H,44,45). The van der Waals surface area contributed by atoms with Gasteiger partial charge < -0.3 is 31.3 Å². The van der Waals surface area contributed by atoms with Gasteiger partial charge in [-0.3, -0.25) is 48.4 Å². The lowest BCUT2D eigenvalue weighted by molar-refractivity contribution is -0.140. The highest BCUT2D eigenvalue weighted by Crippen LogP contribution is 2.31. The Labute approximate surface area is 307 Å². The first kappa shape index (κ1) is 40.2. The van der Waals surface area contributed by atoms with Crippen LogP contribution in [0, 0.1) is 10.7 Å². The van der Waals surface area contributed by atoms with Gasteiger partial charge in [-0.15, -0.1) is 0 Å². The minimum absolute atomic E-state index is 0.0338. The summed E-state index contributed by atoms with van der Waals surface area (Å²) in [6, 6.07) is 1.80. The number of amides is 3. The normalized spacial score (nSPS) is 16.1. The van der Waals surface area contributed by atoms with Gasteiger partial charge in [0, 0.05) is 79.5 Å². The number of nitrogens with zero attached hydrogens (tertiary/aromatic N) is 4. The Morgan fingerprint density at radius 2 is 1.04 bits per heavy atom. The molecule has 0 aliphatic carbocycles. The van der Waals surface area contributed by atoms with Crippen LogP contribution in [0.5, 0.6) is 0 Å². The number of carboxylic acid groups (broad SMARTS) is 3. The van der Waals surface area contributed by atoms with E-state index in [2.05, 4.69) is 61.1 Å². The molecule has 0 saturated carbocycles. The molecule has 0 unspecified atom stereocenters. The summed E-state index contributed by atoms with van der Waals surface area (Å²) in [7, 11) is 0. The summed E-state index contributed by atoms with van der Waals surface area (Å²) < 4.78 is 2.11. The molecule has 0 spiro atoms. The van der Waals surface area contributed by atoms with E-state index in [1.807, 2.05) is 27.5 Å². The van der Waals surface area contributed by atoms with Crippen LogP contribution in [-0.2, 0) is 24.0 Å². The van der Waals surface area contributed by atoms with Crippen molar-refractivity contribution in [2.45, 2.75) is 6.92 Å². The van der Waals surface area contributed by atoms with Crippen molar-refractivity contribution >= 4 is 109 Å². The molecule has 6 N–H and O–H groups in total. The molecule has 19 heteroatoms. The Balaban J connectivity index is 2.02. The molecule has 1 saturated heterocycles. The van der Waals surface area contributed by atoms with E-state index < -0.39 is 17.9 Å². The first-order valence-corrected chi connectivity index (χ1v) is 17.4. The zero-order chi connectivity index (χ0) is 34.4. The molecule has 16 nitrogen and oxygen atoms in total. The van der Waals surface area contributed by atoms with Crippen molar-refractivity contribution in [3.63, 3.8) is 0 Å². The van der Waals surface area contributed by atoms with E-state index >= 15 is 0 Å². The van der Waals surface area contributed by atoms with Gasteiger partial charge in [-0.1, -0.05) is 0 Å². The third-order valence-corrected chi connectivity index (χ3v) is 9.58. The predicted molar refractivity (Wildman–Crippen MR) is 193 cm³/mol. The number of hydrogen-bond acceptors (Lipinski definition) is 10. The van der Waals surface area contributed by atoms with Gasteiger partial charge in [0.05, 0.1) is 41.0 Å². The third-order valence-electron chi connectivity index (χ3n) is 6.80. The number of halogens is 3. The van der Waals surface area contributed by atoms with Crippen LogP contribution in [0.25, 0.3) is 0 Å². The molecule has 3 amide bonds. The van der Waals surface area contributed by atoms with E-state index in [-0.39, 0.29) is 83.2 Å². The minimum atomic E-state index is -1.03. The Morgan fingerprint density at radius 1 is 0.652 bits per heavy atom. The molecule has 1 aromatic carbocycles. The summed E-state index contributed by atoms with van der Waals surface area (Å²) in [6.45, 7) is 3.22. The Morgan fingerprint density at radius 3 is 1.43 bits per heavy atom. The fourth-order valence-corrected chi connectivity index (χ4v) is 8.73. The maximum Gasteiger partial charge on any atom is 0.317 e. The fourth-order valence-electron chi connectivity index (χ4n) is 4.60. The highest BCUT2D eigenvalue weighted by atomic mass is 127. The quantitative estimate of drug-likeness (QED) is 0.112. The van der Waals surface area contributed by atoms with Crippen molar-refractivity contribution in [2.75, 3.05) is 96.9 Å². The van der Waals surface area contributed by atoms with Gasteiger partial charge in [0.2, 0.25) is 11.8 Å². The largest absolute Gasteiger partial charge is 0.480 e. The maximum absolute atomic E-state index is 13.0. The SMILES string of the molecule is CC(=O)Nc1c(I)cc(I)c(C(=O)NCCNC(=O)CN2CCN(CC(=O)O)CCN(CC(=O)O)CCN(CC(=O)O)CC2)c1I. The molecular weight excluding hydrogens is 947 g/mol. The second-order valence-corrected chi connectivity index (χ2v) is 13.9. The predicted octanol–water partition coefficient (Wildman–Crippen LogP) is -0.220. The summed E-state index contributed by atoms with van der Waals surface area (Å²) in [5.41, 5.74) is 0.971. The molecule has 0 aromatic heterocycles. The Bertz CT molecular complexity index is 1260. The molecule has 256 valence electrons. The van der Waals surface area contributed by atoms with Gasteiger partial charge >= 0.3 is 17.9 Å². The van der Waals surface area contributed by atoms with Gasteiger partial charge in [0.25, 0.3) is 5.91 Å². The van der Waals surface area contributed by atoms with E-state index in [9.17, 15) is 44.1 Å². The maximum atomic E-state index is 13.0. The fraction of sp³-hybridized carbons (Fsp3) is 0.556. The summed E-state index contributed by atoms with van der Waals surface area (Å²) in [4.78, 5) is 78.6. The van der Waals surface area contributed by atoms with Crippen LogP contribution in [0.1, 0.15) is 17.3 Å². The monoisotopic (exact) mass is 985 g/mol. The van der Waals surface area contributed by atoms with Crippen molar-refractivity contribution in [3.8, 4) is 0 Å². The van der Waals surface area contributed by atoms with E-state index in [0.29, 0.717) is 44.6 Å².